The number of hydrogen-bond donors (Lipinski definition) is 2. The van der Waals surface area contributed by atoms with Crippen molar-refractivity contribution in [2.45, 2.75) is 20.3 Å². The van der Waals surface area contributed by atoms with Gasteiger partial charge in [-0.1, -0.05) is 24.3 Å². The minimum atomic E-state index is -0.138. The third-order valence-electron chi connectivity index (χ3n) is 3.70. The van der Waals surface area contributed by atoms with E-state index >= 15 is 0 Å². The predicted molar refractivity (Wildman–Crippen MR) is 98.4 cm³/mol. The Morgan fingerprint density at radius 2 is 1.75 bits per heavy atom. The highest BCUT2D eigenvalue weighted by molar-refractivity contribution is 5.94. The molecule has 0 aliphatic heterocycles. The van der Waals surface area contributed by atoms with Crippen LogP contribution in [0.15, 0.2) is 48.5 Å². The number of aryl methyl sites for hydroxylation is 1. The number of benzene rings is 2. The van der Waals surface area contributed by atoms with E-state index in [-0.39, 0.29) is 11.8 Å². The molecule has 0 atom stereocenters. The van der Waals surface area contributed by atoms with Gasteiger partial charge in [0.1, 0.15) is 0 Å². The number of carbonyl (C=O) groups is 2. The molecule has 126 valence electrons. The summed E-state index contributed by atoms with van der Waals surface area (Å²) in [7, 11) is 1.96. The zero-order valence-corrected chi connectivity index (χ0v) is 14.3. The van der Waals surface area contributed by atoms with Crippen molar-refractivity contribution >= 4 is 28.9 Å². The molecule has 0 aliphatic carbocycles. The van der Waals surface area contributed by atoms with Gasteiger partial charge < -0.3 is 15.5 Å². The van der Waals surface area contributed by atoms with Crippen LogP contribution in [0.3, 0.4) is 0 Å². The number of nitrogens with one attached hydrogen (secondary N) is 2. The average molecular weight is 325 g/mol. The van der Waals surface area contributed by atoms with E-state index in [1.807, 2.05) is 61.3 Å². The number of rotatable bonds is 6. The number of nitrogens with zero attached hydrogens (tertiary/aromatic N) is 1. The second-order valence-electron chi connectivity index (χ2n) is 5.77. The average Bonchev–Trinajstić information content (AvgIpc) is 2.56. The van der Waals surface area contributed by atoms with Crippen LogP contribution in [0.2, 0.25) is 0 Å². The van der Waals surface area contributed by atoms with Crippen LogP contribution in [0, 0.1) is 6.92 Å². The van der Waals surface area contributed by atoms with Crippen molar-refractivity contribution in [3.63, 3.8) is 0 Å². The van der Waals surface area contributed by atoms with Crippen molar-refractivity contribution in [2.75, 3.05) is 29.1 Å². The molecule has 5 nitrogen and oxygen atoms in total. The molecule has 2 aromatic carbocycles. The van der Waals surface area contributed by atoms with E-state index < -0.39 is 0 Å². The molecule has 2 rings (SSSR count). The van der Waals surface area contributed by atoms with Crippen LogP contribution in [-0.2, 0) is 9.59 Å². The van der Waals surface area contributed by atoms with E-state index in [1.54, 1.807) is 6.07 Å². The smallest absolute Gasteiger partial charge is 0.226 e. The molecule has 24 heavy (non-hydrogen) atoms. The first-order valence-corrected chi connectivity index (χ1v) is 7.90. The van der Waals surface area contributed by atoms with Crippen LogP contribution in [0.1, 0.15) is 18.9 Å². The summed E-state index contributed by atoms with van der Waals surface area (Å²) in [4.78, 5) is 25.4. The van der Waals surface area contributed by atoms with Gasteiger partial charge in [-0.2, -0.15) is 0 Å². The van der Waals surface area contributed by atoms with Crippen molar-refractivity contribution in [2.24, 2.45) is 0 Å². The minimum Gasteiger partial charge on any atom is -0.374 e. The molecular formula is C19H23N3O2. The van der Waals surface area contributed by atoms with E-state index in [2.05, 4.69) is 10.6 Å². The number of carbonyl (C=O) groups excluding carboxylic acids is 2. The fourth-order valence-corrected chi connectivity index (χ4v) is 2.33. The Morgan fingerprint density at radius 3 is 2.42 bits per heavy atom. The summed E-state index contributed by atoms with van der Waals surface area (Å²) in [6.07, 6.45) is 0.384. The second kappa shape index (κ2) is 8.15. The van der Waals surface area contributed by atoms with Crippen molar-refractivity contribution in [1.82, 2.24) is 0 Å². The fraction of sp³-hybridized carbons (Fsp3) is 0.263. The molecular weight excluding hydrogens is 302 g/mol. The van der Waals surface area contributed by atoms with Gasteiger partial charge in [0.15, 0.2) is 0 Å². The first kappa shape index (κ1) is 17.5. The molecule has 5 heteroatoms. The summed E-state index contributed by atoms with van der Waals surface area (Å²) in [6, 6.07) is 15.4. The van der Waals surface area contributed by atoms with Crippen molar-refractivity contribution in [3.8, 4) is 0 Å². The maximum absolute atomic E-state index is 12.2. The van der Waals surface area contributed by atoms with Gasteiger partial charge in [0.05, 0.1) is 0 Å². The summed E-state index contributed by atoms with van der Waals surface area (Å²) in [6.45, 7) is 4.00. The summed E-state index contributed by atoms with van der Waals surface area (Å²) >= 11 is 0. The molecule has 0 heterocycles. The SMILES string of the molecule is CC(=O)Nc1ccc(C)c(NC(=O)CCN(C)c2ccccc2)c1. The van der Waals surface area contributed by atoms with Crippen LogP contribution in [-0.4, -0.2) is 25.4 Å². The lowest BCUT2D eigenvalue weighted by Crippen LogP contribution is -2.24. The standard InChI is InChI=1S/C19H23N3O2/c1-14-9-10-16(20-15(2)23)13-18(14)21-19(24)11-12-22(3)17-7-5-4-6-8-17/h4-10,13H,11-12H2,1-3H3,(H,20,23)(H,21,24). The van der Waals surface area contributed by atoms with Gasteiger partial charge in [-0.3, -0.25) is 9.59 Å². The maximum atomic E-state index is 12.2. The van der Waals surface area contributed by atoms with E-state index in [4.69, 9.17) is 0 Å². The molecule has 0 saturated carbocycles. The lowest BCUT2D eigenvalue weighted by Gasteiger charge is -2.19. The molecule has 2 aromatic rings. The van der Waals surface area contributed by atoms with E-state index in [1.165, 1.54) is 6.92 Å². The summed E-state index contributed by atoms with van der Waals surface area (Å²) in [5.74, 6) is -0.193. The Bertz CT molecular complexity index is 714. The van der Waals surface area contributed by atoms with Crippen LogP contribution >= 0.6 is 0 Å². The number of para-hydroxylation sites is 1. The Hall–Kier alpha value is -2.82. The highest BCUT2D eigenvalue weighted by atomic mass is 16.2. The third-order valence-corrected chi connectivity index (χ3v) is 3.70. The van der Waals surface area contributed by atoms with Gasteiger partial charge >= 0.3 is 0 Å². The Kier molecular flexibility index (Phi) is 5.95. The first-order chi connectivity index (χ1) is 11.5. The monoisotopic (exact) mass is 325 g/mol. The number of anilines is 3. The molecule has 0 radical (unpaired) electrons. The van der Waals surface area contributed by atoms with Gasteiger partial charge in [-0.15, -0.1) is 0 Å². The maximum Gasteiger partial charge on any atom is 0.226 e. The van der Waals surface area contributed by atoms with Gasteiger partial charge in [-0.05, 0) is 36.8 Å². The first-order valence-electron chi connectivity index (χ1n) is 7.90. The summed E-state index contributed by atoms with van der Waals surface area (Å²) in [5, 5.41) is 5.63. The molecule has 2 N–H and O–H groups in total. The minimum absolute atomic E-state index is 0.0548. The highest BCUT2D eigenvalue weighted by Crippen LogP contribution is 2.20. The lowest BCUT2D eigenvalue weighted by molar-refractivity contribution is -0.116. The van der Waals surface area contributed by atoms with Gasteiger partial charge in [-0.25, -0.2) is 0 Å². The highest BCUT2D eigenvalue weighted by Gasteiger charge is 2.08. The Balaban J connectivity index is 1.93. The quantitative estimate of drug-likeness (QED) is 0.855. The second-order valence-corrected chi connectivity index (χ2v) is 5.77. The predicted octanol–water partition coefficient (Wildman–Crippen LogP) is 3.42. The van der Waals surface area contributed by atoms with Gasteiger partial charge in [0.2, 0.25) is 11.8 Å². The van der Waals surface area contributed by atoms with Crippen LogP contribution in [0.25, 0.3) is 0 Å². The van der Waals surface area contributed by atoms with Crippen LogP contribution < -0.4 is 15.5 Å². The largest absolute Gasteiger partial charge is 0.374 e. The molecule has 0 aromatic heterocycles. The zero-order valence-electron chi connectivity index (χ0n) is 14.3. The summed E-state index contributed by atoms with van der Waals surface area (Å²) < 4.78 is 0. The Labute approximate surface area is 142 Å². The fourth-order valence-electron chi connectivity index (χ4n) is 2.33. The molecule has 0 spiro atoms. The van der Waals surface area contributed by atoms with Crippen LogP contribution in [0.4, 0.5) is 17.1 Å². The molecule has 2 amide bonds. The number of amides is 2. The van der Waals surface area contributed by atoms with Gasteiger partial charge in [0.25, 0.3) is 0 Å². The van der Waals surface area contributed by atoms with Crippen LogP contribution in [0.5, 0.6) is 0 Å². The zero-order chi connectivity index (χ0) is 17.5. The normalized spacial score (nSPS) is 10.1. The van der Waals surface area contributed by atoms with Crippen molar-refractivity contribution < 1.29 is 9.59 Å². The molecule has 0 aliphatic rings. The lowest BCUT2D eigenvalue weighted by atomic mass is 10.1. The molecule has 0 fully saturated rings. The van der Waals surface area contributed by atoms with E-state index in [9.17, 15) is 9.59 Å². The third kappa shape index (κ3) is 5.12. The molecule has 0 bridgehead atoms. The van der Waals surface area contributed by atoms with Gasteiger partial charge in [0, 0.05) is 44.0 Å². The Morgan fingerprint density at radius 1 is 1.04 bits per heavy atom. The van der Waals surface area contributed by atoms with E-state index in [0.717, 1.165) is 11.3 Å². The van der Waals surface area contributed by atoms with Crippen molar-refractivity contribution in [3.05, 3.63) is 54.1 Å². The van der Waals surface area contributed by atoms with Crippen molar-refractivity contribution in [1.29, 1.82) is 0 Å². The van der Waals surface area contributed by atoms with E-state index in [0.29, 0.717) is 24.3 Å². The summed E-state index contributed by atoms with van der Waals surface area (Å²) in [5.41, 5.74) is 3.42. The number of hydrogen-bond acceptors (Lipinski definition) is 3. The topological polar surface area (TPSA) is 61.4 Å². The molecule has 0 unspecified atom stereocenters. The molecule has 0 saturated heterocycles.